The number of hydrogen-bond donors (Lipinski definition) is 1. The summed E-state index contributed by atoms with van der Waals surface area (Å²) in [5.41, 5.74) is 4.65. The smallest absolute Gasteiger partial charge is 0.246 e. The Balaban J connectivity index is 1.13. The molecule has 4 aliphatic rings. The van der Waals surface area contributed by atoms with Crippen LogP contribution in [0.5, 0.6) is 17.2 Å². The molecule has 9 nitrogen and oxygen atoms in total. The second-order valence-corrected chi connectivity index (χ2v) is 16.6. The van der Waals surface area contributed by atoms with E-state index in [4.69, 9.17) is 21.1 Å². The zero-order chi connectivity index (χ0) is 42.0. The van der Waals surface area contributed by atoms with Crippen molar-refractivity contribution >= 4 is 58.8 Å². The van der Waals surface area contributed by atoms with Gasteiger partial charge in [-0.3, -0.25) is 24.1 Å². The van der Waals surface area contributed by atoms with Gasteiger partial charge in [0.05, 0.1) is 48.8 Å². The normalized spacial score (nSPS) is 24.7. The van der Waals surface area contributed by atoms with Crippen LogP contribution in [-0.4, -0.2) is 43.0 Å². The van der Waals surface area contributed by atoms with Crippen molar-refractivity contribution in [3.63, 3.8) is 0 Å². The van der Waals surface area contributed by atoms with Crippen molar-refractivity contribution in [3.8, 4) is 17.2 Å². The molecular formula is C50H43ClN2O7. The van der Waals surface area contributed by atoms with E-state index < -0.39 is 35.0 Å². The molecule has 3 fully saturated rings. The number of carbonyl (C=O) groups excluding carboxylic acids is 4. The molecule has 6 atom stereocenters. The van der Waals surface area contributed by atoms with Crippen LogP contribution in [0.4, 0.5) is 11.4 Å². The fourth-order valence-electron chi connectivity index (χ4n) is 10.4. The number of ether oxygens (including phenoxy) is 2. The fourth-order valence-corrected chi connectivity index (χ4v) is 10.6. The van der Waals surface area contributed by atoms with Crippen LogP contribution in [0.1, 0.15) is 52.1 Å². The summed E-state index contributed by atoms with van der Waals surface area (Å²) >= 11 is 6.45. The third kappa shape index (κ3) is 5.97. The Labute approximate surface area is 353 Å². The van der Waals surface area contributed by atoms with Gasteiger partial charge in [-0.15, -0.1) is 0 Å². The largest absolute Gasteiger partial charge is 0.507 e. The first-order chi connectivity index (χ1) is 29.0. The maximum atomic E-state index is 15.5. The molecule has 1 saturated carbocycles. The van der Waals surface area contributed by atoms with Gasteiger partial charge in [0.2, 0.25) is 23.6 Å². The maximum Gasteiger partial charge on any atom is 0.246 e. The molecule has 2 heterocycles. The number of allylic oxidation sites excluding steroid dienone is 2. The van der Waals surface area contributed by atoms with Gasteiger partial charge in [-0.05, 0) is 109 Å². The number of methoxy groups -OCH3 is 2. The standard InChI is InChI=1S/C50H43ClN2O7/c1-28-23-32(24-29(2)45(28)54)44-38-20-21-39-43(48(57)52(46(39)55)35-17-14-30(15-18-35)13-16-31-25-37(59-3)19-22-42(31)60-4)40(38)27-41-47(56)53(36-12-8-11-34(51)26-36)49(58)50(41,44)33-9-6-5-7-10-33/h5-20,22-26,39-41,43-44,54H,21,27H2,1-4H3. The number of rotatable bonds is 8. The van der Waals surface area contributed by atoms with Crippen LogP contribution in [0.3, 0.4) is 0 Å². The molecule has 2 aliphatic heterocycles. The Morgan fingerprint density at radius 3 is 2.15 bits per heavy atom. The van der Waals surface area contributed by atoms with Gasteiger partial charge in [0.15, 0.2) is 0 Å². The van der Waals surface area contributed by atoms with Crippen LogP contribution < -0.4 is 19.3 Å². The molecule has 0 aromatic heterocycles. The number of imide groups is 2. The zero-order valence-corrected chi connectivity index (χ0v) is 34.4. The summed E-state index contributed by atoms with van der Waals surface area (Å²) in [7, 11) is 3.21. The number of halogens is 1. The number of amides is 4. The molecule has 1 N–H and O–H groups in total. The summed E-state index contributed by atoms with van der Waals surface area (Å²) in [6.45, 7) is 3.63. The molecule has 5 aromatic rings. The average Bonchev–Trinajstić information content (AvgIpc) is 3.65. The number of aryl methyl sites for hydroxylation is 2. The van der Waals surface area contributed by atoms with E-state index in [1.165, 1.54) is 9.80 Å². The van der Waals surface area contributed by atoms with Gasteiger partial charge in [0.1, 0.15) is 17.2 Å². The highest BCUT2D eigenvalue weighted by Gasteiger charge is 2.70. The zero-order valence-electron chi connectivity index (χ0n) is 33.6. The number of nitrogens with zero attached hydrogens (tertiary/aromatic N) is 2. The summed E-state index contributed by atoms with van der Waals surface area (Å²) in [6.07, 6.45) is 6.36. The van der Waals surface area contributed by atoms with Crippen LogP contribution in [0, 0.1) is 37.5 Å². The summed E-state index contributed by atoms with van der Waals surface area (Å²) in [6, 6.07) is 32.7. The second-order valence-electron chi connectivity index (χ2n) is 16.1. The number of hydrogen-bond acceptors (Lipinski definition) is 7. The van der Waals surface area contributed by atoms with Crippen molar-refractivity contribution in [3.05, 3.63) is 159 Å². The number of aromatic hydroxyl groups is 1. The molecule has 5 aromatic carbocycles. The highest BCUT2D eigenvalue weighted by molar-refractivity contribution is 6.32. The van der Waals surface area contributed by atoms with E-state index >= 15 is 9.59 Å². The molecule has 2 saturated heterocycles. The van der Waals surface area contributed by atoms with Crippen molar-refractivity contribution < 1.29 is 33.8 Å². The minimum absolute atomic E-state index is 0.150. The molecule has 9 rings (SSSR count). The SMILES string of the molecule is COc1ccc(OC)c(C=Cc2ccc(N3C(=O)C4CC=C5C(CC6C(=O)N(c7cccc(Cl)c7)C(=O)C6(c6ccccc6)C5c5cc(C)c(O)c(C)c5)C4C3=O)cc2)c1. The molecule has 0 bridgehead atoms. The highest BCUT2D eigenvalue weighted by atomic mass is 35.5. The topological polar surface area (TPSA) is 113 Å². The van der Waals surface area contributed by atoms with Crippen molar-refractivity contribution in [2.45, 2.75) is 38.0 Å². The third-order valence-electron chi connectivity index (χ3n) is 13.1. The minimum atomic E-state index is -1.41. The predicted octanol–water partition coefficient (Wildman–Crippen LogP) is 9.22. The molecule has 60 heavy (non-hydrogen) atoms. The Bertz CT molecular complexity index is 2630. The number of phenolic OH excluding ortho intramolecular Hbond substituents is 1. The van der Waals surface area contributed by atoms with E-state index in [0.717, 1.165) is 22.3 Å². The van der Waals surface area contributed by atoms with E-state index in [1.807, 2.05) is 105 Å². The summed E-state index contributed by atoms with van der Waals surface area (Å²) in [5, 5.41) is 11.3. The lowest BCUT2D eigenvalue weighted by Crippen LogP contribution is -2.53. The molecule has 0 radical (unpaired) electrons. The molecule has 302 valence electrons. The van der Waals surface area contributed by atoms with E-state index in [0.29, 0.717) is 51.0 Å². The molecule has 10 heteroatoms. The maximum absolute atomic E-state index is 15.5. The Morgan fingerprint density at radius 2 is 1.47 bits per heavy atom. The monoisotopic (exact) mass is 818 g/mol. The van der Waals surface area contributed by atoms with Gasteiger partial charge in [0.25, 0.3) is 0 Å². The first kappa shape index (κ1) is 39.0. The number of benzene rings is 5. The van der Waals surface area contributed by atoms with Gasteiger partial charge in [-0.2, -0.15) is 0 Å². The molecule has 6 unspecified atom stereocenters. The van der Waals surface area contributed by atoms with Crippen LogP contribution >= 0.6 is 11.6 Å². The van der Waals surface area contributed by atoms with E-state index in [1.54, 1.807) is 50.6 Å². The van der Waals surface area contributed by atoms with Crippen molar-refractivity contribution in [1.82, 2.24) is 0 Å². The number of anilines is 2. The first-order valence-electron chi connectivity index (χ1n) is 20.1. The highest BCUT2D eigenvalue weighted by Crippen LogP contribution is 2.65. The van der Waals surface area contributed by atoms with Crippen LogP contribution in [-0.2, 0) is 24.6 Å². The summed E-state index contributed by atoms with van der Waals surface area (Å²) in [4.78, 5) is 62.4. The summed E-state index contributed by atoms with van der Waals surface area (Å²) < 4.78 is 10.9. The number of phenols is 1. The minimum Gasteiger partial charge on any atom is -0.507 e. The van der Waals surface area contributed by atoms with Crippen LogP contribution in [0.2, 0.25) is 5.02 Å². The lowest BCUT2D eigenvalue weighted by molar-refractivity contribution is -0.127. The number of carbonyl (C=O) groups is 4. The Morgan fingerprint density at radius 1 is 0.733 bits per heavy atom. The predicted molar refractivity (Wildman–Crippen MR) is 231 cm³/mol. The Kier molecular flexibility index (Phi) is 9.75. The first-order valence-corrected chi connectivity index (χ1v) is 20.4. The van der Waals surface area contributed by atoms with E-state index in [-0.39, 0.29) is 35.8 Å². The summed E-state index contributed by atoms with van der Waals surface area (Å²) in [5.74, 6) is -3.34. The molecular weight excluding hydrogens is 776 g/mol. The molecule has 2 aliphatic carbocycles. The molecule has 4 amide bonds. The lowest BCUT2D eigenvalue weighted by atomic mass is 9.49. The fraction of sp³-hybridized carbons (Fsp3) is 0.240. The van der Waals surface area contributed by atoms with Crippen molar-refractivity contribution in [1.29, 1.82) is 0 Å². The number of fused-ring (bicyclic) bond motifs is 4. The van der Waals surface area contributed by atoms with Crippen LogP contribution in [0.25, 0.3) is 12.2 Å². The van der Waals surface area contributed by atoms with Crippen LogP contribution in [0.15, 0.2) is 121 Å². The van der Waals surface area contributed by atoms with Gasteiger partial charge < -0.3 is 14.6 Å². The van der Waals surface area contributed by atoms with E-state index in [9.17, 15) is 14.7 Å². The average molecular weight is 819 g/mol. The molecule has 0 spiro atoms. The Hall–Kier alpha value is -6.45. The van der Waals surface area contributed by atoms with Gasteiger partial charge >= 0.3 is 0 Å². The van der Waals surface area contributed by atoms with Gasteiger partial charge in [0, 0.05) is 16.5 Å². The third-order valence-corrected chi connectivity index (χ3v) is 13.3. The lowest BCUT2D eigenvalue weighted by Gasteiger charge is -2.51. The quantitative estimate of drug-likeness (QED) is 0.0944. The van der Waals surface area contributed by atoms with Crippen molar-refractivity contribution in [2.24, 2.45) is 23.7 Å². The van der Waals surface area contributed by atoms with Crippen molar-refractivity contribution in [2.75, 3.05) is 24.0 Å². The van der Waals surface area contributed by atoms with Gasteiger partial charge in [-0.1, -0.05) is 96.1 Å². The van der Waals surface area contributed by atoms with E-state index in [2.05, 4.69) is 0 Å². The van der Waals surface area contributed by atoms with Gasteiger partial charge in [-0.25, -0.2) is 4.90 Å². The second kappa shape index (κ2) is 15.0.